The monoisotopic (exact) mass is 272 g/mol. The third kappa shape index (κ3) is 2.58. The third-order valence-electron chi connectivity index (χ3n) is 4.13. The molecule has 5 heteroatoms. The summed E-state index contributed by atoms with van der Waals surface area (Å²) in [6.07, 6.45) is 7.36. The fraction of sp³-hybridized carbons (Fsp3) is 0.533. The van der Waals surface area contributed by atoms with Gasteiger partial charge in [-0.1, -0.05) is 6.92 Å². The van der Waals surface area contributed by atoms with E-state index in [4.69, 9.17) is 0 Å². The van der Waals surface area contributed by atoms with Crippen LogP contribution in [0.5, 0.6) is 0 Å². The minimum Gasteiger partial charge on any atom is -0.303 e. The number of fused-ring (bicyclic) bond motifs is 1. The van der Waals surface area contributed by atoms with Crippen LogP contribution in [0.2, 0.25) is 0 Å². The Hall–Kier alpha value is -1.75. The highest BCUT2D eigenvalue weighted by Gasteiger charge is 2.19. The lowest BCUT2D eigenvalue weighted by Gasteiger charge is -2.32. The van der Waals surface area contributed by atoms with Crippen molar-refractivity contribution in [3.63, 3.8) is 0 Å². The zero-order valence-corrected chi connectivity index (χ0v) is 11.8. The molecule has 0 bridgehead atoms. The predicted molar refractivity (Wildman–Crippen MR) is 78.6 cm³/mol. The maximum atomic E-state index is 12.4. The van der Waals surface area contributed by atoms with Crippen molar-refractivity contribution in [2.45, 2.75) is 26.3 Å². The van der Waals surface area contributed by atoms with Crippen molar-refractivity contribution in [2.24, 2.45) is 5.92 Å². The lowest BCUT2D eigenvalue weighted by atomic mass is 9.98. The molecule has 0 unspecified atom stereocenters. The Morgan fingerprint density at radius 3 is 3.20 bits per heavy atom. The zero-order chi connectivity index (χ0) is 13.9. The van der Waals surface area contributed by atoms with Crippen molar-refractivity contribution >= 4 is 10.9 Å². The lowest BCUT2D eigenvalue weighted by molar-refractivity contribution is 0.169. The summed E-state index contributed by atoms with van der Waals surface area (Å²) in [7, 11) is 0. The second-order valence-corrected chi connectivity index (χ2v) is 5.50. The van der Waals surface area contributed by atoms with Crippen LogP contribution in [-0.2, 0) is 6.54 Å². The van der Waals surface area contributed by atoms with Crippen LogP contribution in [0.3, 0.4) is 0 Å². The van der Waals surface area contributed by atoms with Gasteiger partial charge in [0.25, 0.3) is 5.56 Å². The molecule has 0 radical (unpaired) electrons. The Bertz CT molecular complexity index is 652. The lowest BCUT2D eigenvalue weighted by Crippen LogP contribution is -2.38. The van der Waals surface area contributed by atoms with Crippen molar-refractivity contribution < 1.29 is 0 Å². The highest BCUT2D eigenvalue weighted by atomic mass is 16.1. The summed E-state index contributed by atoms with van der Waals surface area (Å²) < 4.78 is 1.74. The van der Waals surface area contributed by atoms with Gasteiger partial charge in [0.05, 0.1) is 17.2 Å². The Morgan fingerprint density at radius 1 is 1.45 bits per heavy atom. The van der Waals surface area contributed by atoms with Gasteiger partial charge in [-0.25, -0.2) is 4.98 Å². The van der Waals surface area contributed by atoms with E-state index in [0.717, 1.165) is 25.2 Å². The van der Waals surface area contributed by atoms with Crippen molar-refractivity contribution in [1.29, 1.82) is 0 Å². The summed E-state index contributed by atoms with van der Waals surface area (Å²) in [5.41, 5.74) is 0.747. The summed E-state index contributed by atoms with van der Waals surface area (Å²) in [6.45, 7) is 6.30. The average Bonchev–Trinajstić information content (AvgIpc) is 2.50. The van der Waals surface area contributed by atoms with E-state index in [2.05, 4.69) is 21.8 Å². The first kappa shape index (κ1) is 13.2. The number of hydrogen-bond acceptors (Lipinski definition) is 4. The third-order valence-corrected chi connectivity index (χ3v) is 4.13. The summed E-state index contributed by atoms with van der Waals surface area (Å²) >= 11 is 0. The predicted octanol–water partition coefficient (Wildman–Crippen LogP) is 1.52. The van der Waals surface area contributed by atoms with E-state index in [9.17, 15) is 4.79 Å². The fourth-order valence-electron chi connectivity index (χ4n) is 3.00. The molecule has 0 saturated carbocycles. The normalized spacial score (nSPS) is 20.4. The van der Waals surface area contributed by atoms with Gasteiger partial charge in [-0.15, -0.1) is 0 Å². The number of piperidine rings is 1. The molecular weight excluding hydrogens is 252 g/mol. The van der Waals surface area contributed by atoms with E-state index in [1.807, 2.05) is 0 Å². The second kappa shape index (κ2) is 5.71. The van der Waals surface area contributed by atoms with Gasteiger partial charge in [-0.2, -0.15) is 0 Å². The first-order valence-electron chi connectivity index (χ1n) is 7.29. The van der Waals surface area contributed by atoms with Crippen LogP contribution in [0, 0.1) is 5.92 Å². The first-order chi connectivity index (χ1) is 9.78. The molecule has 106 valence electrons. The van der Waals surface area contributed by atoms with Gasteiger partial charge in [0, 0.05) is 25.5 Å². The molecule has 3 rings (SSSR count). The molecule has 0 aromatic carbocycles. The molecule has 1 fully saturated rings. The van der Waals surface area contributed by atoms with Crippen LogP contribution in [0.25, 0.3) is 10.9 Å². The zero-order valence-electron chi connectivity index (χ0n) is 11.8. The molecule has 3 heterocycles. The topological polar surface area (TPSA) is 51.0 Å². The van der Waals surface area contributed by atoms with Crippen LogP contribution in [-0.4, -0.2) is 39.1 Å². The molecule has 2 aromatic heterocycles. The van der Waals surface area contributed by atoms with Gasteiger partial charge < -0.3 is 4.90 Å². The first-order valence-corrected chi connectivity index (χ1v) is 7.29. The number of pyridine rings is 1. The van der Waals surface area contributed by atoms with E-state index < -0.39 is 0 Å². The average molecular weight is 272 g/mol. The standard InChI is InChI=1S/C15H20N4O/c1-2-18-7-3-4-12(9-18)10-19-11-17-14-5-6-16-8-13(14)15(19)20/h5-6,8,11-12H,2-4,7,9-10H2,1H3/t12-/m1/s1. The SMILES string of the molecule is CCN1CCC[C@@H](Cn2cnc3ccncc3c2=O)C1. The highest BCUT2D eigenvalue weighted by molar-refractivity contribution is 5.75. The smallest absolute Gasteiger partial charge is 0.262 e. The largest absolute Gasteiger partial charge is 0.303 e. The number of likely N-dealkylation sites (tertiary alicyclic amines) is 1. The molecule has 1 saturated heterocycles. The molecule has 0 amide bonds. The van der Waals surface area contributed by atoms with Crippen molar-refractivity contribution in [2.75, 3.05) is 19.6 Å². The molecule has 1 aliphatic heterocycles. The van der Waals surface area contributed by atoms with E-state index in [0.29, 0.717) is 11.3 Å². The Balaban J connectivity index is 1.84. The number of rotatable bonds is 3. The maximum absolute atomic E-state index is 12.4. The van der Waals surface area contributed by atoms with E-state index in [-0.39, 0.29) is 5.56 Å². The number of aromatic nitrogens is 3. The summed E-state index contributed by atoms with van der Waals surface area (Å²) in [5.74, 6) is 0.539. The van der Waals surface area contributed by atoms with Crippen molar-refractivity contribution in [1.82, 2.24) is 19.4 Å². The number of nitrogens with zero attached hydrogens (tertiary/aromatic N) is 4. The summed E-state index contributed by atoms with van der Waals surface area (Å²) in [6, 6.07) is 1.78. The van der Waals surface area contributed by atoms with Gasteiger partial charge in [-0.05, 0) is 37.9 Å². The van der Waals surface area contributed by atoms with Crippen LogP contribution in [0.15, 0.2) is 29.6 Å². The van der Waals surface area contributed by atoms with Crippen LogP contribution >= 0.6 is 0 Å². The van der Waals surface area contributed by atoms with Crippen LogP contribution in [0.1, 0.15) is 19.8 Å². The molecule has 0 aliphatic carbocycles. The van der Waals surface area contributed by atoms with Gasteiger partial charge in [-0.3, -0.25) is 14.3 Å². The van der Waals surface area contributed by atoms with Crippen molar-refractivity contribution in [3.8, 4) is 0 Å². The maximum Gasteiger partial charge on any atom is 0.262 e. The minimum atomic E-state index is 0.0247. The van der Waals surface area contributed by atoms with Crippen LogP contribution < -0.4 is 5.56 Å². The summed E-state index contributed by atoms with van der Waals surface area (Å²) in [4.78, 5) is 23.3. The minimum absolute atomic E-state index is 0.0247. The molecule has 0 spiro atoms. The highest BCUT2D eigenvalue weighted by Crippen LogP contribution is 2.17. The summed E-state index contributed by atoms with van der Waals surface area (Å²) in [5, 5.41) is 0.609. The Kier molecular flexibility index (Phi) is 3.78. The quantitative estimate of drug-likeness (QED) is 0.850. The van der Waals surface area contributed by atoms with Gasteiger partial charge in [0.2, 0.25) is 0 Å². The van der Waals surface area contributed by atoms with E-state index >= 15 is 0 Å². The fourth-order valence-corrected chi connectivity index (χ4v) is 3.00. The van der Waals surface area contributed by atoms with E-state index in [1.54, 1.807) is 29.4 Å². The molecular formula is C15H20N4O. The van der Waals surface area contributed by atoms with Gasteiger partial charge in [0.15, 0.2) is 0 Å². The van der Waals surface area contributed by atoms with Crippen LogP contribution in [0.4, 0.5) is 0 Å². The molecule has 1 atom stereocenters. The second-order valence-electron chi connectivity index (χ2n) is 5.50. The van der Waals surface area contributed by atoms with Crippen molar-refractivity contribution in [3.05, 3.63) is 35.1 Å². The molecule has 20 heavy (non-hydrogen) atoms. The van der Waals surface area contributed by atoms with Gasteiger partial charge >= 0.3 is 0 Å². The molecule has 2 aromatic rings. The van der Waals surface area contributed by atoms with E-state index in [1.165, 1.54) is 19.4 Å². The number of hydrogen-bond donors (Lipinski definition) is 0. The Labute approximate surface area is 118 Å². The Morgan fingerprint density at radius 2 is 2.35 bits per heavy atom. The molecule has 0 N–H and O–H groups in total. The molecule has 5 nitrogen and oxygen atoms in total. The van der Waals surface area contributed by atoms with Gasteiger partial charge in [0.1, 0.15) is 0 Å². The molecule has 1 aliphatic rings.